The maximum atomic E-state index is 12.2. The minimum atomic E-state index is -0.523. The number of nitrogens with one attached hydrogen (secondary N) is 1. The van der Waals surface area contributed by atoms with Crippen LogP contribution in [-0.4, -0.2) is 10.8 Å². The first-order chi connectivity index (χ1) is 10.0. The summed E-state index contributed by atoms with van der Waals surface area (Å²) in [7, 11) is 0. The van der Waals surface area contributed by atoms with Crippen LogP contribution in [0.5, 0.6) is 0 Å². The third-order valence-corrected chi connectivity index (χ3v) is 3.29. The molecule has 0 fully saturated rings. The van der Waals surface area contributed by atoms with Gasteiger partial charge in [0, 0.05) is 11.3 Å². The third kappa shape index (κ3) is 3.25. The summed E-state index contributed by atoms with van der Waals surface area (Å²) in [6.07, 6.45) is 0.914. The number of nitrogens with zero attached hydrogens (tertiary/aromatic N) is 1. The molecule has 0 aromatic heterocycles. The molecule has 1 amide bonds. The molecule has 0 bridgehead atoms. The number of amides is 1. The Balaban J connectivity index is 2.28. The number of nitro groups is 1. The second kappa shape index (κ2) is 6.17. The Morgan fingerprint density at radius 1 is 1.19 bits per heavy atom. The molecule has 0 aliphatic rings. The van der Waals surface area contributed by atoms with Crippen molar-refractivity contribution in [1.82, 2.24) is 0 Å². The topological polar surface area (TPSA) is 72.2 Å². The van der Waals surface area contributed by atoms with Crippen LogP contribution in [0.3, 0.4) is 0 Å². The van der Waals surface area contributed by atoms with Crippen molar-refractivity contribution in [2.75, 3.05) is 5.32 Å². The smallest absolute Gasteiger partial charge is 0.285 e. The summed E-state index contributed by atoms with van der Waals surface area (Å²) in [6, 6.07) is 12.1. The Morgan fingerprint density at radius 3 is 2.43 bits per heavy atom. The summed E-state index contributed by atoms with van der Waals surface area (Å²) in [6.45, 7) is 3.66. The molecule has 0 unspecified atom stereocenters. The maximum Gasteiger partial charge on any atom is 0.285 e. The molecule has 0 saturated heterocycles. The highest BCUT2D eigenvalue weighted by molar-refractivity contribution is 6.07. The molecule has 0 radical (unpaired) electrons. The van der Waals surface area contributed by atoms with Gasteiger partial charge in [-0.3, -0.25) is 14.9 Å². The molecule has 1 N–H and O–H groups in total. The summed E-state index contributed by atoms with van der Waals surface area (Å²) in [5, 5.41) is 13.8. The number of hydrogen-bond acceptors (Lipinski definition) is 3. The van der Waals surface area contributed by atoms with Crippen molar-refractivity contribution in [3.05, 3.63) is 69.3 Å². The van der Waals surface area contributed by atoms with Crippen molar-refractivity contribution in [1.29, 1.82) is 0 Å². The summed E-state index contributed by atoms with van der Waals surface area (Å²) in [5.74, 6) is -0.477. The van der Waals surface area contributed by atoms with E-state index in [2.05, 4.69) is 5.32 Å². The quantitative estimate of drug-likeness (QED) is 0.687. The van der Waals surface area contributed by atoms with E-state index in [1.807, 2.05) is 19.1 Å². The van der Waals surface area contributed by atoms with Crippen LogP contribution in [0, 0.1) is 17.0 Å². The highest BCUT2D eigenvalue weighted by Crippen LogP contribution is 2.24. The second-order valence-corrected chi connectivity index (χ2v) is 4.73. The van der Waals surface area contributed by atoms with Crippen molar-refractivity contribution >= 4 is 17.3 Å². The fraction of sp³-hybridized carbons (Fsp3) is 0.188. The van der Waals surface area contributed by atoms with E-state index >= 15 is 0 Å². The molecule has 0 saturated carbocycles. The molecular formula is C16H16N2O3. The van der Waals surface area contributed by atoms with Crippen LogP contribution in [0.1, 0.15) is 28.4 Å². The van der Waals surface area contributed by atoms with Crippen molar-refractivity contribution in [3.63, 3.8) is 0 Å². The van der Waals surface area contributed by atoms with Gasteiger partial charge >= 0.3 is 0 Å². The molecule has 2 aromatic carbocycles. The molecule has 0 heterocycles. The molecule has 0 aliphatic heterocycles. The van der Waals surface area contributed by atoms with Gasteiger partial charge in [0.25, 0.3) is 11.6 Å². The van der Waals surface area contributed by atoms with Gasteiger partial charge in [-0.25, -0.2) is 0 Å². The Bertz CT molecular complexity index is 678. The lowest BCUT2D eigenvalue weighted by molar-refractivity contribution is -0.385. The number of rotatable bonds is 4. The second-order valence-electron chi connectivity index (χ2n) is 4.73. The number of benzene rings is 2. The number of carbonyl (C=O) groups is 1. The van der Waals surface area contributed by atoms with Crippen LogP contribution < -0.4 is 5.32 Å². The van der Waals surface area contributed by atoms with Crippen LogP contribution >= 0.6 is 0 Å². The van der Waals surface area contributed by atoms with E-state index in [0.29, 0.717) is 11.3 Å². The maximum absolute atomic E-state index is 12.2. The zero-order valence-corrected chi connectivity index (χ0v) is 11.9. The van der Waals surface area contributed by atoms with E-state index in [4.69, 9.17) is 0 Å². The predicted octanol–water partition coefficient (Wildman–Crippen LogP) is 3.72. The van der Waals surface area contributed by atoms with Crippen LogP contribution in [0.4, 0.5) is 11.4 Å². The van der Waals surface area contributed by atoms with E-state index < -0.39 is 10.8 Å². The van der Waals surface area contributed by atoms with E-state index in [0.717, 1.165) is 12.0 Å². The number of aryl methyl sites for hydroxylation is 2. The third-order valence-electron chi connectivity index (χ3n) is 3.29. The van der Waals surface area contributed by atoms with Gasteiger partial charge in [-0.05, 0) is 37.1 Å². The fourth-order valence-corrected chi connectivity index (χ4v) is 2.11. The van der Waals surface area contributed by atoms with Gasteiger partial charge in [-0.15, -0.1) is 0 Å². The first kappa shape index (κ1) is 14.7. The van der Waals surface area contributed by atoms with Gasteiger partial charge in [0.2, 0.25) is 0 Å². The highest BCUT2D eigenvalue weighted by Gasteiger charge is 2.22. The molecule has 0 spiro atoms. The van der Waals surface area contributed by atoms with Crippen molar-refractivity contribution in [2.24, 2.45) is 0 Å². The average molecular weight is 284 g/mol. The summed E-state index contributed by atoms with van der Waals surface area (Å²) >= 11 is 0. The number of nitro benzene ring substituents is 1. The Kier molecular flexibility index (Phi) is 4.33. The molecule has 2 rings (SSSR count). The normalized spacial score (nSPS) is 10.2. The van der Waals surface area contributed by atoms with Crippen molar-refractivity contribution in [3.8, 4) is 0 Å². The summed E-state index contributed by atoms with van der Waals surface area (Å²) in [4.78, 5) is 22.8. The van der Waals surface area contributed by atoms with E-state index in [1.54, 1.807) is 31.2 Å². The number of para-hydroxylation sites is 1. The minimum Gasteiger partial charge on any atom is -0.322 e. The van der Waals surface area contributed by atoms with E-state index in [1.165, 1.54) is 6.07 Å². The first-order valence-corrected chi connectivity index (χ1v) is 6.67. The monoisotopic (exact) mass is 284 g/mol. The van der Waals surface area contributed by atoms with Crippen LogP contribution in [0.2, 0.25) is 0 Å². The highest BCUT2D eigenvalue weighted by atomic mass is 16.6. The van der Waals surface area contributed by atoms with Gasteiger partial charge in [0.15, 0.2) is 0 Å². The molecule has 21 heavy (non-hydrogen) atoms. The van der Waals surface area contributed by atoms with Gasteiger partial charge in [-0.1, -0.05) is 31.2 Å². The van der Waals surface area contributed by atoms with Crippen LogP contribution in [-0.2, 0) is 6.42 Å². The number of hydrogen-bond donors (Lipinski definition) is 1. The molecule has 0 atom stereocenters. The number of anilines is 1. The SMILES string of the molecule is CCc1ccc(NC(=O)c2cccc(C)c2[N+](=O)[O-])cc1. The molecule has 5 nitrogen and oxygen atoms in total. The van der Waals surface area contributed by atoms with Gasteiger partial charge < -0.3 is 5.32 Å². The Labute approximate surface area is 122 Å². The fourth-order valence-electron chi connectivity index (χ4n) is 2.11. The minimum absolute atomic E-state index is 0.0690. The van der Waals surface area contributed by atoms with Gasteiger partial charge in [0.1, 0.15) is 5.56 Å². The number of carbonyl (C=O) groups excluding carboxylic acids is 1. The lowest BCUT2D eigenvalue weighted by Gasteiger charge is -2.07. The molecule has 108 valence electrons. The molecular weight excluding hydrogens is 268 g/mol. The molecule has 0 aliphatic carbocycles. The first-order valence-electron chi connectivity index (χ1n) is 6.67. The lowest BCUT2D eigenvalue weighted by Crippen LogP contribution is -2.14. The summed E-state index contributed by atoms with van der Waals surface area (Å²) < 4.78 is 0. The Hall–Kier alpha value is -2.69. The van der Waals surface area contributed by atoms with E-state index in [9.17, 15) is 14.9 Å². The molecule has 5 heteroatoms. The Morgan fingerprint density at radius 2 is 1.86 bits per heavy atom. The average Bonchev–Trinajstić information content (AvgIpc) is 2.47. The largest absolute Gasteiger partial charge is 0.322 e. The zero-order valence-electron chi connectivity index (χ0n) is 11.9. The molecule has 2 aromatic rings. The predicted molar refractivity (Wildman–Crippen MR) is 81.6 cm³/mol. The standard InChI is InChI=1S/C16H16N2O3/c1-3-12-7-9-13(10-8-12)17-16(19)14-6-4-5-11(2)15(14)18(20)21/h4-10H,3H2,1-2H3,(H,17,19). The van der Waals surface area contributed by atoms with Crippen LogP contribution in [0.25, 0.3) is 0 Å². The van der Waals surface area contributed by atoms with Gasteiger partial charge in [0.05, 0.1) is 4.92 Å². The van der Waals surface area contributed by atoms with E-state index in [-0.39, 0.29) is 11.3 Å². The van der Waals surface area contributed by atoms with Crippen molar-refractivity contribution in [2.45, 2.75) is 20.3 Å². The van der Waals surface area contributed by atoms with Gasteiger partial charge in [-0.2, -0.15) is 0 Å². The van der Waals surface area contributed by atoms with Crippen LogP contribution in [0.15, 0.2) is 42.5 Å². The summed E-state index contributed by atoms with van der Waals surface area (Å²) in [5.41, 5.74) is 2.16. The zero-order chi connectivity index (χ0) is 15.4. The van der Waals surface area contributed by atoms with Crippen molar-refractivity contribution < 1.29 is 9.72 Å². The lowest BCUT2D eigenvalue weighted by atomic mass is 10.1.